The van der Waals surface area contributed by atoms with E-state index in [1.54, 1.807) is 6.20 Å². The van der Waals surface area contributed by atoms with Gasteiger partial charge in [0.15, 0.2) is 0 Å². The van der Waals surface area contributed by atoms with E-state index in [-0.39, 0.29) is 12.1 Å². The summed E-state index contributed by atoms with van der Waals surface area (Å²) in [4.78, 5) is 8.72. The molecule has 18 heavy (non-hydrogen) atoms. The van der Waals surface area contributed by atoms with Gasteiger partial charge in [0, 0.05) is 18.4 Å². The van der Waals surface area contributed by atoms with Gasteiger partial charge >= 0.3 is 0 Å². The monoisotopic (exact) mass is 250 g/mol. The molecule has 2 atom stereocenters. The fraction of sp³-hybridized carbons (Fsp3) is 0.643. The van der Waals surface area contributed by atoms with Crippen molar-refractivity contribution in [3.8, 4) is 0 Å². The van der Waals surface area contributed by atoms with E-state index in [1.165, 1.54) is 5.56 Å². The van der Waals surface area contributed by atoms with Crippen LogP contribution in [0.2, 0.25) is 0 Å². The van der Waals surface area contributed by atoms with Crippen LogP contribution in [0.1, 0.15) is 24.9 Å². The minimum absolute atomic E-state index is 0.0959. The van der Waals surface area contributed by atoms with Crippen LogP contribution in [0.4, 0.5) is 0 Å². The summed E-state index contributed by atoms with van der Waals surface area (Å²) in [6, 6.07) is 4.40. The second-order valence-corrected chi connectivity index (χ2v) is 5.23. The lowest BCUT2D eigenvalue weighted by Crippen LogP contribution is -2.38. The average molecular weight is 250 g/mol. The summed E-state index contributed by atoms with van der Waals surface area (Å²) in [6.07, 6.45) is 4.86. The lowest BCUT2D eigenvalue weighted by atomic mass is 10.0. The molecule has 0 spiro atoms. The molecule has 0 saturated carbocycles. The van der Waals surface area contributed by atoms with Crippen LogP contribution in [0.25, 0.3) is 0 Å². The van der Waals surface area contributed by atoms with E-state index in [0.29, 0.717) is 0 Å². The minimum Gasteiger partial charge on any atom is -0.326 e. The molecule has 0 amide bonds. The van der Waals surface area contributed by atoms with Crippen molar-refractivity contribution in [2.45, 2.75) is 25.4 Å². The molecule has 1 aromatic heterocycles. The Balaban J connectivity index is 2.62. The van der Waals surface area contributed by atoms with Crippen molar-refractivity contribution in [3.05, 3.63) is 30.1 Å². The smallest absolute Gasteiger partial charge is 0.0508 e. The van der Waals surface area contributed by atoms with Gasteiger partial charge in [0.1, 0.15) is 0 Å². The first-order chi connectivity index (χ1) is 8.52. The summed E-state index contributed by atoms with van der Waals surface area (Å²) < 4.78 is 0. The van der Waals surface area contributed by atoms with Crippen LogP contribution < -0.4 is 5.73 Å². The zero-order chi connectivity index (χ0) is 13.5. The Hall–Kier alpha value is -0.970. The average Bonchev–Trinajstić information content (AvgIpc) is 2.29. The molecule has 4 nitrogen and oxygen atoms in total. The van der Waals surface area contributed by atoms with Crippen molar-refractivity contribution in [2.75, 3.05) is 34.2 Å². The van der Waals surface area contributed by atoms with Crippen LogP contribution >= 0.6 is 0 Å². The molecule has 0 aromatic carbocycles. The quantitative estimate of drug-likeness (QED) is 0.793. The van der Waals surface area contributed by atoms with E-state index in [2.05, 4.69) is 48.9 Å². The Morgan fingerprint density at radius 1 is 1.28 bits per heavy atom. The summed E-state index contributed by atoms with van der Waals surface area (Å²) in [5.41, 5.74) is 7.32. The summed E-state index contributed by atoms with van der Waals surface area (Å²) in [7, 11) is 6.34. The Labute approximate surface area is 111 Å². The summed E-state index contributed by atoms with van der Waals surface area (Å²) in [6.45, 7) is 4.20. The van der Waals surface area contributed by atoms with E-state index in [9.17, 15) is 0 Å². The molecule has 1 rings (SSSR count). The lowest BCUT2D eigenvalue weighted by molar-refractivity contribution is 0.208. The van der Waals surface area contributed by atoms with Gasteiger partial charge in [-0.2, -0.15) is 0 Å². The minimum atomic E-state index is 0.0959. The Bertz CT molecular complexity index is 324. The molecule has 0 radical (unpaired) electrons. The number of pyridine rings is 1. The molecule has 0 aliphatic rings. The van der Waals surface area contributed by atoms with Gasteiger partial charge in [0.2, 0.25) is 0 Å². The van der Waals surface area contributed by atoms with Crippen molar-refractivity contribution in [1.82, 2.24) is 14.8 Å². The van der Waals surface area contributed by atoms with Crippen molar-refractivity contribution in [1.29, 1.82) is 0 Å². The highest BCUT2D eigenvalue weighted by Crippen LogP contribution is 2.21. The van der Waals surface area contributed by atoms with Crippen LogP contribution in [0.3, 0.4) is 0 Å². The zero-order valence-corrected chi connectivity index (χ0v) is 12.0. The SMILES string of the molecule is CC(N)C(c1cccnc1)N(C)CCCN(C)C. The van der Waals surface area contributed by atoms with Gasteiger partial charge in [0.05, 0.1) is 6.04 Å². The number of aromatic nitrogens is 1. The standard InChI is InChI=1S/C14H26N4/c1-12(15)14(13-7-5-8-16-11-13)18(4)10-6-9-17(2)3/h5,7-8,11-12,14H,6,9-10,15H2,1-4H3. The highest BCUT2D eigenvalue weighted by Gasteiger charge is 2.20. The molecule has 1 aromatic rings. The second-order valence-electron chi connectivity index (χ2n) is 5.23. The first kappa shape index (κ1) is 15.1. The molecule has 0 aliphatic heterocycles. The molecule has 1 heterocycles. The molecule has 0 fully saturated rings. The predicted octanol–water partition coefficient (Wildman–Crippen LogP) is 1.35. The van der Waals surface area contributed by atoms with Crippen LogP contribution in [0.15, 0.2) is 24.5 Å². The van der Waals surface area contributed by atoms with Gasteiger partial charge < -0.3 is 10.6 Å². The molecular formula is C14H26N4. The largest absolute Gasteiger partial charge is 0.326 e. The van der Waals surface area contributed by atoms with Crippen molar-refractivity contribution < 1.29 is 0 Å². The van der Waals surface area contributed by atoms with Gasteiger partial charge in [0.25, 0.3) is 0 Å². The van der Waals surface area contributed by atoms with E-state index < -0.39 is 0 Å². The van der Waals surface area contributed by atoms with Crippen LogP contribution in [-0.4, -0.2) is 55.1 Å². The van der Waals surface area contributed by atoms with Crippen molar-refractivity contribution in [2.24, 2.45) is 5.73 Å². The molecular weight excluding hydrogens is 224 g/mol. The van der Waals surface area contributed by atoms with Crippen molar-refractivity contribution in [3.63, 3.8) is 0 Å². The zero-order valence-electron chi connectivity index (χ0n) is 12.0. The number of rotatable bonds is 7. The first-order valence-electron chi connectivity index (χ1n) is 6.53. The summed E-state index contributed by atoms with van der Waals surface area (Å²) in [5.74, 6) is 0. The first-order valence-corrected chi connectivity index (χ1v) is 6.53. The fourth-order valence-corrected chi connectivity index (χ4v) is 2.29. The maximum absolute atomic E-state index is 6.12. The number of nitrogens with zero attached hydrogens (tertiary/aromatic N) is 3. The summed E-state index contributed by atoms with van der Waals surface area (Å²) in [5, 5.41) is 0. The fourth-order valence-electron chi connectivity index (χ4n) is 2.29. The van der Waals surface area contributed by atoms with Gasteiger partial charge in [-0.3, -0.25) is 9.88 Å². The molecule has 2 unspecified atom stereocenters. The van der Waals surface area contributed by atoms with Gasteiger partial charge in [-0.1, -0.05) is 6.07 Å². The molecule has 4 heteroatoms. The molecule has 102 valence electrons. The third kappa shape index (κ3) is 4.72. The Morgan fingerprint density at radius 3 is 2.50 bits per heavy atom. The van der Waals surface area contributed by atoms with Gasteiger partial charge in [-0.05, 0) is 59.2 Å². The second kappa shape index (κ2) is 7.46. The number of hydrogen-bond donors (Lipinski definition) is 1. The number of hydrogen-bond acceptors (Lipinski definition) is 4. The topological polar surface area (TPSA) is 45.4 Å². The van der Waals surface area contributed by atoms with Crippen LogP contribution in [0.5, 0.6) is 0 Å². The van der Waals surface area contributed by atoms with Crippen molar-refractivity contribution >= 4 is 0 Å². The summed E-state index contributed by atoms with van der Waals surface area (Å²) >= 11 is 0. The molecule has 2 N–H and O–H groups in total. The van der Waals surface area contributed by atoms with Gasteiger partial charge in [-0.25, -0.2) is 0 Å². The molecule has 0 saturated heterocycles. The normalized spacial score (nSPS) is 15.1. The highest BCUT2D eigenvalue weighted by atomic mass is 15.2. The van der Waals surface area contributed by atoms with E-state index >= 15 is 0 Å². The van der Waals surface area contributed by atoms with Gasteiger partial charge in [-0.15, -0.1) is 0 Å². The number of likely N-dealkylation sites (N-methyl/N-ethyl adjacent to an activating group) is 1. The third-order valence-electron chi connectivity index (χ3n) is 3.11. The van der Waals surface area contributed by atoms with Crippen LogP contribution in [0, 0.1) is 0 Å². The highest BCUT2D eigenvalue weighted by molar-refractivity contribution is 5.15. The Morgan fingerprint density at radius 2 is 2.00 bits per heavy atom. The number of nitrogens with two attached hydrogens (primary N) is 1. The maximum atomic E-state index is 6.12. The predicted molar refractivity (Wildman–Crippen MR) is 76.4 cm³/mol. The molecule has 0 aliphatic carbocycles. The maximum Gasteiger partial charge on any atom is 0.0508 e. The third-order valence-corrected chi connectivity index (χ3v) is 3.11. The van der Waals surface area contributed by atoms with E-state index in [4.69, 9.17) is 5.73 Å². The lowest BCUT2D eigenvalue weighted by Gasteiger charge is -2.31. The molecule has 0 bridgehead atoms. The van der Waals surface area contributed by atoms with Crippen LogP contribution in [-0.2, 0) is 0 Å². The van der Waals surface area contributed by atoms with E-state index in [1.807, 2.05) is 12.3 Å². The Kier molecular flexibility index (Phi) is 6.25. The van der Waals surface area contributed by atoms with E-state index in [0.717, 1.165) is 19.5 Å².